The summed E-state index contributed by atoms with van der Waals surface area (Å²) in [5.41, 5.74) is 0. The van der Waals surface area contributed by atoms with Gasteiger partial charge in [0.25, 0.3) is 0 Å². The Morgan fingerprint density at radius 3 is 2.29 bits per heavy atom. The van der Waals surface area contributed by atoms with Crippen molar-refractivity contribution >= 4 is 11.9 Å². The molecule has 1 fully saturated rings. The molecule has 0 bridgehead atoms. The summed E-state index contributed by atoms with van der Waals surface area (Å²) >= 11 is 0. The van der Waals surface area contributed by atoms with E-state index in [1.165, 1.54) is 14.0 Å². The van der Waals surface area contributed by atoms with Gasteiger partial charge in [0.05, 0.1) is 7.11 Å². The molecule has 0 amide bonds. The average molecular weight is 246 g/mol. The third-order valence-corrected chi connectivity index (χ3v) is 3.13. The minimum atomic E-state index is -1.31. The van der Waals surface area contributed by atoms with Crippen molar-refractivity contribution in [2.24, 2.45) is 11.8 Å². The molecule has 4 unspecified atom stereocenters. The predicted molar refractivity (Wildman–Crippen MR) is 56.8 cm³/mol. The molecule has 1 rings (SSSR count). The van der Waals surface area contributed by atoms with E-state index in [0.717, 1.165) is 0 Å². The smallest absolute Gasteiger partial charge is 0.335 e. The molecular weight excluding hydrogens is 228 g/mol. The van der Waals surface area contributed by atoms with Crippen molar-refractivity contribution in [1.82, 2.24) is 0 Å². The summed E-state index contributed by atoms with van der Waals surface area (Å²) in [6, 6.07) is 0. The molecule has 6 heteroatoms. The highest BCUT2D eigenvalue weighted by atomic mass is 16.7. The summed E-state index contributed by atoms with van der Waals surface area (Å²) in [4.78, 5) is 22.3. The highest BCUT2D eigenvalue weighted by Gasteiger charge is 2.45. The lowest BCUT2D eigenvalue weighted by atomic mass is 9.83. The van der Waals surface area contributed by atoms with Crippen LogP contribution in [0.5, 0.6) is 0 Å². The number of hydrogen-bond acceptors (Lipinski definition) is 6. The maximum Gasteiger partial charge on any atom is 0.335 e. The van der Waals surface area contributed by atoms with E-state index in [4.69, 9.17) is 9.47 Å². The Morgan fingerprint density at radius 1 is 1.24 bits per heavy atom. The van der Waals surface area contributed by atoms with Gasteiger partial charge in [0.2, 0.25) is 0 Å². The standard InChI is InChI=1S/C11H18O6/c1-5-6(2)9(16-7(3)12)11(14)17-8(5)10(13)15-4/h5-6,8-9,11,14H,1-4H3/t5?,6-,8?,9?,11?/m0/s1. The number of carbonyl (C=O) groups is 2. The van der Waals surface area contributed by atoms with E-state index >= 15 is 0 Å². The molecule has 98 valence electrons. The fraction of sp³-hybridized carbons (Fsp3) is 0.818. The van der Waals surface area contributed by atoms with Crippen molar-refractivity contribution in [3.05, 3.63) is 0 Å². The minimum absolute atomic E-state index is 0.202. The van der Waals surface area contributed by atoms with Crippen LogP contribution < -0.4 is 0 Å². The van der Waals surface area contributed by atoms with Gasteiger partial charge in [-0.15, -0.1) is 0 Å². The Balaban J connectivity index is 2.79. The first-order valence-corrected chi connectivity index (χ1v) is 5.47. The lowest BCUT2D eigenvalue weighted by Crippen LogP contribution is -2.53. The number of esters is 2. The predicted octanol–water partition coefficient (Wildman–Crippen LogP) is 0.0805. The number of carbonyl (C=O) groups excluding carboxylic acids is 2. The second kappa shape index (κ2) is 5.46. The second-order valence-corrected chi connectivity index (χ2v) is 4.26. The Morgan fingerprint density at radius 2 is 1.82 bits per heavy atom. The molecule has 1 heterocycles. The number of methoxy groups -OCH3 is 1. The number of ether oxygens (including phenoxy) is 3. The molecule has 5 atom stereocenters. The third kappa shape index (κ3) is 2.95. The largest absolute Gasteiger partial charge is 0.467 e. The van der Waals surface area contributed by atoms with E-state index in [1.54, 1.807) is 13.8 Å². The van der Waals surface area contributed by atoms with Crippen LogP contribution in [0, 0.1) is 11.8 Å². The molecule has 0 aliphatic carbocycles. The molecule has 1 aliphatic rings. The zero-order valence-electron chi connectivity index (χ0n) is 10.4. The van der Waals surface area contributed by atoms with Crippen molar-refractivity contribution in [2.75, 3.05) is 7.11 Å². The molecule has 6 nitrogen and oxygen atoms in total. The number of aliphatic hydroxyl groups is 1. The Labute approximate surface area is 99.8 Å². The number of aliphatic hydroxyl groups excluding tert-OH is 1. The topological polar surface area (TPSA) is 82.1 Å². The molecule has 0 saturated carbocycles. The van der Waals surface area contributed by atoms with Crippen LogP contribution in [0.1, 0.15) is 20.8 Å². The van der Waals surface area contributed by atoms with Gasteiger partial charge in [0.1, 0.15) is 0 Å². The van der Waals surface area contributed by atoms with Crippen LogP contribution in [0.25, 0.3) is 0 Å². The molecule has 0 radical (unpaired) electrons. The molecule has 1 aliphatic heterocycles. The quantitative estimate of drug-likeness (QED) is 0.695. The van der Waals surface area contributed by atoms with Gasteiger partial charge in [0.15, 0.2) is 18.5 Å². The van der Waals surface area contributed by atoms with E-state index in [0.29, 0.717) is 0 Å². The van der Waals surface area contributed by atoms with Gasteiger partial charge in [-0.05, 0) is 5.92 Å². The summed E-state index contributed by atoms with van der Waals surface area (Å²) in [5, 5.41) is 9.71. The summed E-state index contributed by atoms with van der Waals surface area (Å²) in [6.45, 7) is 4.84. The molecule has 0 aromatic heterocycles. The maximum atomic E-state index is 11.4. The van der Waals surface area contributed by atoms with Crippen LogP contribution in [-0.2, 0) is 23.8 Å². The molecule has 1 saturated heterocycles. The summed E-state index contributed by atoms with van der Waals surface area (Å²) in [5.74, 6) is -1.44. The lowest BCUT2D eigenvalue weighted by Gasteiger charge is -2.40. The van der Waals surface area contributed by atoms with Gasteiger partial charge in [-0.2, -0.15) is 0 Å². The Bertz CT molecular complexity index is 302. The zero-order valence-corrected chi connectivity index (χ0v) is 10.4. The summed E-state index contributed by atoms with van der Waals surface area (Å²) < 4.78 is 14.7. The molecule has 17 heavy (non-hydrogen) atoms. The highest BCUT2D eigenvalue weighted by molar-refractivity contribution is 5.75. The van der Waals surface area contributed by atoms with Gasteiger partial charge in [-0.3, -0.25) is 4.79 Å². The van der Waals surface area contributed by atoms with Crippen LogP contribution in [0.4, 0.5) is 0 Å². The zero-order chi connectivity index (χ0) is 13.2. The third-order valence-electron chi connectivity index (χ3n) is 3.13. The average Bonchev–Trinajstić information content (AvgIpc) is 2.28. The first-order chi connectivity index (χ1) is 7.88. The summed E-state index contributed by atoms with van der Waals surface area (Å²) in [6.07, 6.45) is -2.91. The normalized spacial score (nSPS) is 37.4. The van der Waals surface area contributed by atoms with E-state index in [-0.39, 0.29) is 11.8 Å². The maximum absolute atomic E-state index is 11.4. The Kier molecular flexibility index (Phi) is 4.47. The van der Waals surface area contributed by atoms with Crippen molar-refractivity contribution in [1.29, 1.82) is 0 Å². The SMILES string of the molecule is COC(=O)C1OC(O)C(OC(C)=O)[C@@H](C)C1C. The first-order valence-electron chi connectivity index (χ1n) is 5.47. The first kappa shape index (κ1) is 13.9. The van der Waals surface area contributed by atoms with Crippen molar-refractivity contribution in [2.45, 2.75) is 39.3 Å². The van der Waals surface area contributed by atoms with Crippen molar-refractivity contribution < 1.29 is 28.9 Å². The minimum Gasteiger partial charge on any atom is -0.467 e. The van der Waals surface area contributed by atoms with E-state index in [2.05, 4.69) is 4.74 Å². The van der Waals surface area contributed by atoms with Gasteiger partial charge >= 0.3 is 11.9 Å². The number of hydrogen-bond donors (Lipinski definition) is 1. The lowest BCUT2D eigenvalue weighted by molar-refractivity contribution is -0.258. The van der Waals surface area contributed by atoms with Crippen molar-refractivity contribution in [3.8, 4) is 0 Å². The Hall–Kier alpha value is -1.14. The monoisotopic (exact) mass is 246 g/mol. The highest BCUT2D eigenvalue weighted by Crippen LogP contribution is 2.32. The molecule has 0 aromatic carbocycles. The molecule has 1 N–H and O–H groups in total. The van der Waals surface area contributed by atoms with Crippen LogP contribution in [-0.4, -0.2) is 42.7 Å². The van der Waals surface area contributed by atoms with Gasteiger partial charge in [0, 0.05) is 12.8 Å². The van der Waals surface area contributed by atoms with Crippen LogP contribution in [0.15, 0.2) is 0 Å². The van der Waals surface area contributed by atoms with Crippen LogP contribution in [0.2, 0.25) is 0 Å². The summed E-state index contributed by atoms with van der Waals surface area (Å²) in [7, 11) is 1.26. The molecule has 0 aromatic rings. The number of rotatable bonds is 2. The van der Waals surface area contributed by atoms with E-state index in [1.807, 2.05) is 0 Å². The fourth-order valence-corrected chi connectivity index (χ4v) is 1.93. The van der Waals surface area contributed by atoms with Crippen LogP contribution in [0.3, 0.4) is 0 Å². The van der Waals surface area contributed by atoms with E-state index in [9.17, 15) is 14.7 Å². The fourth-order valence-electron chi connectivity index (χ4n) is 1.93. The van der Waals surface area contributed by atoms with Crippen LogP contribution >= 0.6 is 0 Å². The molecular formula is C11H18O6. The molecule has 0 spiro atoms. The van der Waals surface area contributed by atoms with E-state index < -0.39 is 30.4 Å². The second-order valence-electron chi connectivity index (χ2n) is 4.26. The van der Waals surface area contributed by atoms with Gasteiger partial charge in [-0.1, -0.05) is 13.8 Å². The van der Waals surface area contributed by atoms with Crippen molar-refractivity contribution in [3.63, 3.8) is 0 Å². The van der Waals surface area contributed by atoms with Gasteiger partial charge in [-0.25, -0.2) is 4.79 Å². The van der Waals surface area contributed by atoms with Gasteiger partial charge < -0.3 is 19.3 Å².